The predicted molar refractivity (Wildman–Crippen MR) is 82.1 cm³/mol. The van der Waals surface area contributed by atoms with E-state index in [1.165, 1.54) is 0 Å². The summed E-state index contributed by atoms with van der Waals surface area (Å²) in [6, 6.07) is 4.06. The van der Waals surface area contributed by atoms with Crippen molar-refractivity contribution < 1.29 is 9.59 Å². The standard InChI is InChI=1S/C17H22N2O2/c1-10(2)16(20)18-8-7-14-9-13-6-5-11(3)12(4)15(13)19-17(14)21/h5-6,9-10,14H,7-8H2,1-4H3,(H,18,20). The molecule has 0 saturated heterocycles. The van der Waals surface area contributed by atoms with Crippen molar-refractivity contribution in [2.45, 2.75) is 34.1 Å². The van der Waals surface area contributed by atoms with Crippen molar-refractivity contribution in [1.82, 2.24) is 5.32 Å². The SMILES string of the molecule is Cc1ccc2c(c1C)=NC(=O)C(CCNC(=O)C(C)C)C=2. The van der Waals surface area contributed by atoms with Crippen LogP contribution in [0.2, 0.25) is 0 Å². The highest BCUT2D eigenvalue weighted by molar-refractivity contribution is 5.86. The quantitative estimate of drug-likeness (QED) is 0.898. The summed E-state index contributed by atoms with van der Waals surface area (Å²) >= 11 is 0. The molecule has 2 amide bonds. The van der Waals surface area contributed by atoms with Gasteiger partial charge in [0.1, 0.15) is 0 Å². The Balaban J connectivity index is 2.14. The van der Waals surface area contributed by atoms with Crippen molar-refractivity contribution in [2.75, 3.05) is 6.54 Å². The van der Waals surface area contributed by atoms with Gasteiger partial charge in [0, 0.05) is 12.5 Å². The minimum atomic E-state index is -0.243. The molecule has 1 heterocycles. The first-order valence-corrected chi connectivity index (χ1v) is 7.38. The lowest BCUT2D eigenvalue weighted by Crippen LogP contribution is -2.37. The number of fused-ring (bicyclic) bond motifs is 1. The molecule has 4 nitrogen and oxygen atoms in total. The molecule has 0 saturated carbocycles. The molecule has 21 heavy (non-hydrogen) atoms. The van der Waals surface area contributed by atoms with E-state index >= 15 is 0 Å². The molecule has 1 aliphatic rings. The maximum Gasteiger partial charge on any atom is 0.253 e. The molecule has 0 aromatic heterocycles. The molecule has 1 aromatic carbocycles. The van der Waals surface area contributed by atoms with Crippen LogP contribution in [-0.4, -0.2) is 18.4 Å². The number of benzene rings is 1. The first-order valence-electron chi connectivity index (χ1n) is 7.38. The van der Waals surface area contributed by atoms with Gasteiger partial charge in [-0.1, -0.05) is 32.1 Å². The summed E-state index contributed by atoms with van der Waals surface area (Å²) in [6.45, 7) is 8.21. The van der Waals surface area contributed by atoms with Crippen LogP contribution in [0.4, 0.5) is 0 Å². The van der Waals surface area contributed by atoms with E-state index in [4.69, 9.17) is 0 Å². The van der Waals surface area contributed by atoms with Crippen LogP contribution in [0.15, 0.2) is 17.1 Å². The number of amides is 2. The first-order chi connectivity index (χ1) is 9.90. The summed E-state index contributed by atoms with van der Waals surface area (Å²) in [6.07, 6.45) is 2.56. The van der Waals surface area contributed by atoms with E-state index in [1.807, 2.05) is 45.9 Å². The van der Waals surface area contributed by atoms with Gasteiger partial charge in [-0.15, -0.1) is 0 Å². The van der Waals surface area contributed by atoms with E-state index in [1.54, 1.807) is 0 Å². The van der Waals surface area contributed by atoms with Crippen molar-refractivity contribution in [3.63, 3.8) is 0 Å². The molecule has 0 radical (unpaired) electrons. The molecule has 4 heteroatoms. The van der Waals surface area contributed by atoms with Gasteiger partial charge in [-0.05, 0) is 36.6 Å². The molecule has 0 bridgehead atoms. The summed E-state index contributed by atoms with van der Waals surface area (Å²) in [4.78, 5) is 27.9. The van der Waals surface area contributed by atoms with E-state index in [0.717, 1.165) is 21.7 Å². The molecule has 112 valence electrons. The van der Waals surface area contributed by atoms with Crippen LogP contribution in [0.1, 0.15) is 31.4 Å². The highest BCUT2D eigenvalue weighted by Gasteiger charge is 2.19. The summed E-state index contributed by atoms with van der Waals surface area (Å²) in [5.41, 5.74) is 2.20. The third-order valence-corrected chi connectivity index (χ3v) is 3.93. The monoisotopic (exact) mass is 286 g/mol. The van der Waals surface area contributed by atoms with E-state index in [2.05, 4.69) is 10.3 Å². The first kappa shape index (κ1) is 15.4. The fourth-order valence-corrected chi connectivity index (χ4v) is 2.35. The maximum atomic E-state index is 12.1. The third-order valence-electron chi connectivity index (χ3n) is 3.93. The highest BCUT2D eigenvalue weighted by Crippen LogP contribution is 2.10. The average molecular weight is 286 g/mol. The third kappa shape index (κ3) is 3.38. The summed E-state index contributed by atoms with van der Waals surface area (Å²) in [7, 11) is 0. The minimum Gasteiger partial charge on any atom is -0.356 e. The summed E-state index contributed by atoms with van der Waals surface area (Å²) in [5, 5.41) is 4.65. The van der Waals surface area contributed by atoms with Gasteiger partial charge in [0.2, 0.25) is 5.91 Å². The Kier molecular flexibility index (Phi) is 4.56. The molecule has 0 fully saturated rings. The van der Waals surface area contributed by atoms with Crippen molar-refractivity contribution in [3.8, 4) is 0 Å². The highest BCUT2D eigenvalue weighted by atomic mass is 16.2. The van der Waals surface area contributed by atoms with Crippen LogP contribution in [0, 0.1) is 25.7 Å². The average Bonchev–Trinajstić information content (AvgIpc) is 2.44. The number of hydrogen-bond acceptors (Lipinski definition) is 2. The zero-order valence-electron chi connectivity index (χ0n) is 13.1. The van der Waals surface area contributed by atoms with Crippen LogP contribution >= 0.6 is 0 Å². The lowest BCUT2D eigenvalue weighted by atomic mass is 9.97. The Bertz CT molecular complexity index is 689. The maximum absolute atomic E-state index is 12.1. The predicted octanol–water partition coefficient (Wildman–Crippen LogP) is 1.02. The van der Waals surface area contributed by atoms with Gasteiger partial charge in [-0.2, -0.15) is 0 Å². The molecule has 1 unspecified atom stereocenters. The molecule has 0 spiro atoms. The summed E-state index contributed by atoms with van der Waals surface area (Å²) < 4.78 is 0. The molecule has 1 aliphatic heterocycles. The van der Waals surface area contributed by atoms with Crippen molar-refractivity contribution in [3.05, 3.63) is 33.8 Å². The van der Waals surface area contributed by atoms with Gasteiger partial charge in [-0.3, -0.25) is 9.59 Å². The van der Waals surface area contributed by atoms with Crippen molar-refractivity contribution in [1.29, 1.82) is 0 Å². The molecule has 1 aromatic rings. The number of nitrogens with zero attached hydrogens (tertiary/aromatic N) is 1. The van der Waals surface area contributed by atoms with Crippen LogP contribution in [0.25, 0.3) is 6.08 Å². The fourth-order valence-electron chi connectivity index (χ4n) is 2.35. The Morgan fingerprint density at radius 2 is 2.05 bits per heavy atom. The van der Waals surface area contributed by atoms with E-state index in [9.17, 15) is 9.59 Å². The van der Waals surface area contributed by atoms with E-state index < -0.39 is 0 Å². The normalized spacial score (nSPS) is 17.0. The van der Waals surface area contributed by atoms with Crippen LogP contribution in [0.3, 0.4) is 0 Å². The van der Waals surface area contributed by atoms with E-state index in [-0.39, 0.29) is 23.7 Å². The Labute approximate surface area is 125 Å². The van der Waals surface area contributed by atoms with Gasteiger partial charge in [0.25, 0.3) is 5.91 Å². The lowest BCUT2D eigenvalue weighted by molar-refractivity contribution is -0.124. The number of carbonyl (C=O) groups excluding carboxylic acids is 2. The minimum absolute atomic E-state index is 0.0158. The molecular formula is C17H22N2O2. The van der Waals surface area contributed by atoms with Gasteiger partial charge in [-0.25, -0.2) is 4.99 Å². The Hall–Kier alpha value is -1.97. The second kappa shape index (κ2) is 6.20. The van der Waals surface area contributed by atoms with E-state index in [0.29, 0.717) is 13.0 Å². The smallest absolute Gasteiger partial charge is 0.253 e. The molecule has 0 aliphatic carbocycles. The molecule has 1 N–H and O–H groups in total. The van der Waals surface area contributed by atoms with Gasteiger partial charge in [0.15, 0.2) is 0 Å². The zero-order valence-corrected chi connectivity index (χ0v) is 13.1. The van der Waals surface area contributed by atoms with Crippen LogP contribution in [0.5, 0.6) is 0 Å². The summed E-state index contributed by atoms with van der Waals surface area (Å²) in [5.74, 6) is -0.379. The van der Waals surface area contributed by atoms with Gasteiger partial charge >= 0.3 is 0 Å². The van der Waals surface area contributed by atoms with Gasteiger partial charge < -0.3 is 5.32 Å². The topological polar surface area (TPSA) is 58.5 Å². The molecule has 2 rings (SSSR count). The second-order valence-corrected chi connectivity index (χ2v) is 5.90. The Morgan fingerprint density at radius 3 is 2.71 bits per heavy atom. The molecular weight excluding hydrogens is 264 g/mol. The number of hydrogen-bond donors (Lipinski definition) is 1. The lowest BCUT2D eigenvalue weighted by Gasteiger charge is -2.14. The van der Waals surface area contributed by atoms with Crippen LogP contribution < -0.4 is 15.9 Å². The van der Waals surface area contributed by atoms with Crippen LogP contribution in [-0.2, 0) is 9.59 Å². The molecule has 1 atom stereocenters. The largest absolute Gasteiger partial charge is 0.356 e. The fraction of sp³-hybridized carbons (Fsp3) is 0.471. The second-order valence-electron chi connectivity index (χ2n) is 5.90. The van der Waals surface area contributed by atoms with Crippen molar-refractivity contribution >= 4 is 17.9 Å². The number of aryl methyl sites for hydroxylation is 1. The van der Waals surface area contributed by atoms with Gasteiger partial charge in [0.05, 0.1) is 11.3 Å². The number of carbonyl (C=O) groups is 2. The van der Waals surface area contributed by atoms with Crippen molar-refractivity contribution in [2.24, 2.45) is 16.8 Å². The zero-order chi connectivity index (χ0) is 15.6. The Morgan fingerprint density at radius 1 is 1.33 bits per heavy atom. The number of nitrogens with one attached hydrogen (secondary N) is 1. The number of rotatable bonds is 4.